The largest absolute Gasteiger partial charge is 0.396 e. The Labute approximate surface area is 251 Å². The van der Waals surface area contributed by atoms with Gasteiger partial charge in [-0.25, -0.2) is 8.42 Å². The Morgan fingerprint density at radius 1 is 0.818 bits per heavy atom. The molecule has 23 heteroatoms. The summed E-state index contributed by atoms with van der Waals surface area (Å²) in [7, 11) is -14.5. The summed E-state index contributed by atoms with van der Waals surface area (Å²) < 4.78 is 116. The van der Waals surface area contributed by atoms with E-state index in [1.54, 1.807) is 0 Å². The Balaban J connectivity index is 2.13. The van der Waals surface area contributed by atoms with E-state index in [0.717, 1.165) is 12.1 Å². The number of hydrogen-bond acceptors (Lipinski definition) is 15. The quantitative estimate of drug-likeness (QED) is 0.0686. The van der Waals surface area contributed by atoms with Gasteiger partial charge >= 0.3 is 11.4 Å². The molecule has 236 valence electrons. The average Bonchev–Trinajstić information content (AvgIpc) is 2.91. The van der Waals surface area contributed by atoms with Crippen molar-refractivity contribution in [2.75, 3.05) is 23.8 Å². The molecule has 1 unspecified atom stereocenters. The molecule has 0 spiro atoms. The number of carbonyl (C=O) groups is 1. The number of carbonyl (C=O) groups excluding carboxylic acids is 1. The molecule has 0 aliphatic carbocycles. The van der Waals surface area contributed by atoms with Crippen LogP contribution in [0.4, 0.5) is 34.1 Å². The molecule has 3 rings (SSSR count). The zero-order valence-electron chi connectivity index (χ0n) is 21.7. The van der Waals surface area contributed by atoms with Crippen molar-refractivity contribution < 1.29 is 52.1 Å². The van der Waals surface area contributed by atoms with Gasteiger partial charge in [0.15, 0.2) is 9.84 Å². The van der Waals surface area contributed by atoms with Gasteiger partial charge in [-0.2, -0.15) is 26.2 Å². The van der Waals surface area contributed by atoms with Gasteiger partial charge in [-0.15, -0.1) is 15.3 Å². The Bertz CT molecular complexity index is 2050. The molecule has 0 heterocycles. The lowest BCUT2D eigenvalue weighted by atomic mass is 10.2. The topological polar surface area (TPSA) is 334 Å². The van der Waals surface area contributed by atoms with E-state index in [9.17, 15) is 43.4 Å². The van der Waals surface area contributed by atoms with Crippen LogP contribution in [0.1, 0.15) is 10.4 Å². The van der Waals surface area contributed by atoms with Crippen molar-refractivity contribution in [3.05, 3.63) is 54.1 Å². The highest BCUT2D eigenvalue weighted by molar-refractivity contribution is 7.91. The molecule has 1 atom stereocenters. The smallest absolute Gasteiger partial charge is 0.301 e. The summed E-state index contributed by atoms with van der Waals surface area (Å²) in [4.78, 5) is 8.80. The molecule has 0 radical (unpaired) electrons. The molecule has 0 saturated carbocycles. The van der Waals surface area contributed by atoms with E-state index in [2.05, 4.69) is 24.6 Å². The number of primary amides is 1. The SMILES string of the molecule is NC(=O)c1cccc(N=Nc2c(N)c(N=Nc3ccc(S(=O)(=O)CCOS(=O)O)cc3S(=O)(=O)O)cc(S(=O)(=O)O)c2N)c1. The number of benzene rings is 3. The number of rotatable bonds is 12. The van der Waals surface area contributed by atoms with Crippen LogP contribution in [-0.2, 0) is 45.6 Å². The van der Waals surface area contributed by atoms with Crippen molar-refractivity contribution in [1.29, 1.82) is 0 Å². The van der Waals surface area contributed by atoms with E-state index in [1.807, 2.05) is 0 Å². The third-order valence-electron chi connectivity index (χ3n) is 5.36. The third kappa shape index (κ3) is 8.44. The minimum Gasteiger partial charge on any atom is -0.396 e. The molecule has 0 bridgehead atoms. The van der Waals surface area contributed by atoms with Crippen molar-refractivity contribution >= 4 is 81.5 Å². The van der Waals surface area contributed by atoms with Gasteiger partial charge in [-0.05, 0) is 42.5 Å². The molecule has 3 aromatic rings. The van der Waals surface area contributed by atoms with E-state index < -0.39 is 103 Å². The first kappa shape index (κ1) is 34.3. The van der Waals surface area contributed by atoms with Gasteiger partial charge in [-0.3, -0.25) is 22.6 Å². The van der Waals surface area contributed by atoms with Crippen LogP contribution >= 0.6 is 0 Å². The van der Waals surface area contributed by atoms with Crippen LogP contribution in [0, 0.1) is 0 Å². The molecule has 0 aliphatic heterocycles. The molecule has 9 N–H and O–H groups in total. The van der Waals surface area contributed by atoms with Gasteiger partial charge < -0.3 is 17.2 Å². The normalized spacial score (nSPS) is 13.4. The van der Waals surface area contributed by atoms with Crippen molar-refractivity contribution in [2.45, 2.75) is 14.7 Å². The van der Waals surface area contributed by atoms with Gasteiger partial charge in [0.1, 0.15) is 26.9 Å². The van der Waals surface area contributed by atoms with Crippen LogP contribution in [0.15, 0.2) is 83.7 Å². The van der Waals surface area contributed by atoms with Crippen LogP contribution < -0.4 is 17.2 Å². The van der Waals surface area contributed by atoms with E-state index in [-0.39, 0.29) is 11.3 Å². The summed E-state index contributed by atoms with van der Waals surface area (Å²) in [6.45, 7) is -0.725. The number of azo groups is 2. The maximum Gasteiger partial charge on any atom is 0.301 e. The standard InChI is InChI=1S/C21H21N7O12S4/c22-18-15(10-17(44(37,38)39)19(23)20(18)28-25-12-3-1-2-11(8-12)21(24)29)27-26-14-5-4-13(9-16(14)43(34,35)36)42(32,33)7-6-40-41(30)31/h1-5,8-10H,6-7,22-23H2,(H2,24,29)(H,30,31)(H,34,35,36)(H,37,38,39). The summed E-state index contributed by atoms with van der Waals surface area (Å²) in [5.41, 5.74) is 14.4. The van der Waals surface area contributed by atoms with Crippen LogP contribution in [-0.4, -0.2) is 61.4 Å². The highest BCUT2D eigenvalue weighted by Gasteiger charge is 2.24. The number of nitrogens with two attached hydrogens (primary N) is 3. The number of nitrogens with zero attached hydrogens (tertiary/aromatic N) is 4. The second kappa shape index (κ2) is 13.2. The molecule has 0 aromatic heterocycles. The lowest BCUT2D eigenvalue weighted by Gasteiger charge is -2.11. The lowest BCUT2D eigenvalue weighted by Crippen LogP contribution is -2.14. The maximum absolute atomic E-state index is 12.5. The Morgan fingerprint density at radius 3 is 2.05 bits per heavy atom. The number of hydrogen-bond donors (Lipinski definition) is 6. The number of sulfone groups is 1. The van der Waals surface area contributed by atoms with Crippen molar-refractivity contribution in [1.82, 2.24) is 0 Å². The van der Waals surface area contributed by atoms with Gasteiger partial charge in [0.2, 0.25) is 5.91 Å². The first-order valence-corrected chi connectivity index (χ1v) is 16.9. The van der Waals surface area contributed by atoms with Gasteiger partial charge in [-0.1, -0.05) is 6.07 Å². The van der Waals surface area contributed by atoms with E-state index >= 15 is 0 Å². The fourth-order valence-corrected chi connectivity index (χ4v) is 6.11. The molecule has 1 amide bonds. The van der Waals surface area contributed by atoms with Crippen LogP contribution in [0.25, 0.3) is 0 Å². The molecule has 3 aromatic carbocycles. The Hall–Kier alpha value is -4.23. The number of nitrogen functional groups attached to an aromatic ring is 2. The minimum atomic E-state index is -5.15. The molecule has 19 nitrogen and oxygen atoms in total. The zero-order chi connectivity index (χ0) is 33.0. The minimum absolute atomic E-state index is 0.0598. The van der Waals surface area contributed by atoms with Crippen LogP contribution in [0.2, 0.25) is 0 Å². The second-order valence-electron chi connectivity index (χ2n) is 8.32. The van der Waals surface area contributed by atoms with Crippen LogP contribution in [0.3, 0.4) is 0 Å². The number of amides is 1. The van der Waals surface area contributed by atoms with Crippen molar-refractivity contribution in [3.63, 3.8) is 0 Å². The molecule has 0 aliphatic rings. The molecule has 0 fully saturated rings. The maximum atomic E-state index is 12.5. The Morgan fingerprint density at radius 2 is 1.45 bits per heavy atom. The second-order valence-corrected chi connectivity index (χ2v) is 13.9. The summed E-state index contributed by atoms with van der Waals surface area (Å²) in [5, 5.41) is 14.9. The lowest BCUT2D eigenvalue weighted by molar-refractivity contribution is 0.1000. The first-order valence-electron chi connectivity index (χ1n) is 11.3. The molecular weight excluding hydrogens is 671 g/mol. The van der Waals surface area contributed by atoms with Gasteiger partial charge in [0, 0.05) is 5.56 Å². The van der Waals surface area contributed by atoms with Crippen molar-refractivity contribution in [3.8, 4) is 0 Å². The summed E-state index contributed by atoms with van der Waals surface area (Å²) in [6.07, 6.45) is 0. The van der Waals surface area contributed by atoms with Gasteiger partial charge in [0.25, 0.3) is 20.2 Å². The highest BCUT2D eigenvalue weighted by Crippen LogP contribution is 2.43. The van der Waals surface area contributed by atoms with E-state index in [1.165, 1.54) is 24.3 Å². The predicted octanol–water partition coefficient (Wildman–Crippen LogP) is 2.20. The summed E-state index contributed by atoms with van der Waals surface area (Å²) in [6, 6.07) is 8.36. The van der Waals surface area contributed by atoms with E-state index in [0.29, 0.717) is 12.1 Å². The van der Waals surface area contributed by atoms with Crippen LogP contribution in [0.5, 0.6) is 0 Å². The molecule has 0 saturated heterocycles. The summed E-state index contributed by atoms with van der Waals surface area (Å²) >= 11 is -2.76. The predicted molar refractivity (Wildman–Crippen MR) is 153 cm³/mol. The Kier molecular flexibility index (Phi) is 10.3. The zero-order valence-corrected chi connectivity index (χ0v) is 25.0. The third-order valence-corrected chi connectivity index (χ3v) is 9.18. The highest BCUT2D eigenvalue weighted by atomic mass is 32.2. The average molecular weight is 692 g/mol. The fraction of sp³-hybridized carbons (Fsp3) is 0.0952. The molecular formula is C21H21N7O12S4. The fourth-order valence-electron chi connectivity index (χ4n) is 3.31. The summed E-state index contributed by atoms with van der Waals surface area (Å²) in [5.74, 6) is -1.62. The number of anilines is 2. The van der Waals surface area contributed by atoms with Crippen molar-refractivity contribution in [2.24, 2.45) is 26.2 Å². The van der Waals surface area contributed by atoms with E-state index in [4.69, 9.17) is 21.8 Å². The molecule has 44 heavy (non-hydrogen) atoms. The first-order chi connectivity index (χ1) is 20.3. The monoisotopic (exact) mass is 691 g/mol. The van der Waals surface area contributed by atoms with Gasteiger partial charge in [0.05, 0.1) is 34.3 Å².